The van der Waals surface area contributed by atoms with E-state index in [1.807, 2.05) is 43.3 Å². The molecule has 0 fully saturated rings. The van der Waals surface area contributed by atoms with Crippen LogP contribution in [0.4, 0.5) is 0 Å². The normalized spacial score (nSPS) is 12.1. The Balaban J connectivity index is 1.94. The van der Waals surface area contributed by atoms with Crippen LogP contribution in [0.15, 0.2) is 59.7 Å². The number of aryl methyl sites for hydroxylation is 1. The highest BCUT2D eigenvalue weighted by Crippen LogP contribution is 2.16. The summed E-state index contributed by atoms with van der Waals surface area (Å²) < 4.78 is 1.37. The molecule has 2 heterocycles. The molecule has 0 radical (unpaired) electrons. The van der Waals surface area contributed by atoms with E-state index in [2.05, 4.69) is 10.3 Å². The third-order valence-electron chi connectivity index (χ3n) is 4.10. The van der Waals surface area contributed by atoms with Gasteiger partial charge in [0.15, 0.2) is 0 Å². The van der Waals surface area contributed by atoms with Gasteiger partial charge in [-0.05, 0) is 30.5 Å². The van der Waals surface area contributed by atoms with Crippen molar-refractivity contribution < 1.29 is 9.90 Å². The van der Waals surface area contributed by atoms with Crippen LogP contribution in [-0.2, 0) is 0 Å². The summed E-state index contributed by atoms with van der Waals surface area (Å²) in [5.74, 6) is -0.504. The molecule has 2 N–H and O–H groups in total. The third kappa shape index (κ3) is 3.44. The van der Waals surface area contributed by atoms with Crippen molar-refractivity contribution >= 4 is 11.6 Å². The molecule has 25 heavy (non-hydrogen) atoms. The summed E-state index contributed by atoms with van der Waals surface area (Å²) in [4.78, 5) is 29.5. The molecule has 1 aromatic carbocycles. The van der Waals surface area contributed by atoms with Crippen molar-refractivity contribution in [3.8, 4) is 0 Å². The molecule has 0 aliphatic rings. The molecule has 1 atom stereocenters. The van der Waals surface area contributed by atoms with E-state index in [0.29, 0.717) is 12.1 Å². The molecular formula is C19H19N3O3. The van der Waals surface area contributed by atoms with Gasteiger partial charge in [0.2, 0.25) is 0 Å². The lowest BCUT2D eigenvalue weighted by molar-refractivity contribution is 0.0928. The van der Waals surface area contributed by atoms with Gasteiger partial charge in [-0.15, -0.1) is 0 Å². The van der Waals surface area contributed by atoms with Crippen LogP contribution in [0.25, 0.3) is 5.65 Å². The van der Waals surface area contributed by atoms with Crippen LogP contribution in [0.3, 0.4) is 0 Å². The van der Waals surface area contributed by atoms with Crippen molar-refractivity contribution in [2.75, 3.05) is 6.61 Å². The second kappa shape index (κ2) is 7.27. The lowest BCUT2D eigenvalue weighted by atomic mass is 10.0. The zero-order chi connectivity index (χ0) is 17.8. The van der Waals surface area contributed by atoms with Crippen molar-refractivity contribution in [1.29, 1.82) is 0 Å². The summed E-state index contributed by atoms with van der Waals surface area (Å²) >= 11 is 0. The summed E-state index contributed by atoms with van der Waals surface area (Å²) in [6.45, 7) is 1.78. The Labute approximate surface area is 144 Å². The van der Waals surface area contributed by atoms with Crippen LogP contribution in [0.5, 0.6) is 0 Å². The molecule has 0 aliphatic carbocycles. The lowest BCUT2D eigenvalue weighted by Crippen LogP contribution is -2.34. The van der Waals surface area contributed by atoms with E-state index >= 15 is 0 Å². The van der Waals surface area contributed by atoms with Crippen LogP contribution < -0.4 is 10.9 Å². The fourth-order valence-corrected chi connectivity index (χ4v) is 2.78. The van der Waals surface area contributed by atoms with E-state index in [4.69, 9.17) is 0 Å². The average molecular weight is 337 g/mol. The third-order valence-corrected chi connectivity index (χ3v) is 4.10. The molecule has 0 saturated heterocycles. The van der Waals surface area contributed by atoms with Crippen molar-refractivity contribution in [2.45, 2.75) is 19.4 Å². The number of aromatic nitrogens is 2. The maximum atomic E-state index is 12.6. The van der Waals surface area contributed by atoms with Crippen molar-refractivity contribution in [3.63, 3.8) is 0 Å². The van der Waals surface area contributed by atoms with Gasteiger partial charge in [-0.2, -0.15) is 0 Å². The largest absolute Gasteiger partial charge is 0.396 e. The van der Waals surface area contributed by atoms with Crippen LogP contribution >= 0.6 is 0 Å². The number of aliphatic hydroxyl groups is 1. The number of amides is 1. The van der Waals surface area contributed by atoms with Crippen molar-refractivity contribution in [3.05, 3.63) is 81.9 Å². The number of rotatable bonds is 5. The van der Waals surface area contributed by atoms with Crippen LogP contribution in [-0.4, -0.2) is 27.0 Å². The van der Waals surface area contributed by atoms with E-state index in [1.165, 1.54) is 10.6 Å². The summed E-state index contributed by atoms with van der Waals surface area (Å²) in [5, 5.41) is 12.1. The fourth-order valence-electron chi connectivity index (χ4n) is 2.78. The number of benzene rings is 1. The minimum absolute atomic E-state index is 0.0260. The molecule has 6 heteroatoms. The first-order valence-electron chi connectivity index (χ1n) is 8.05. The van der Waals surface area contributed by atoms with Gasteiger partial charge in [0.05, 0.1) is 6.04 Å². The predicted octanol–water partition coefficient (Wildman–Crippen LogP) is 1.86. The minimum Gasteiger partial charge on any atom is -0.396 e. The Bertz CT molecular complexity index is 951. The zero-order valence-electron chi connectivity index (χ0n) is 13.8. The van der Waals surface area contributed by atoms with Crippen molar-refractivity contribution in [1.82, 2.24) is 14.7 Å². The Kier molecular flexibility index (Phi) is 4.90. The maximum Gasteiger partial charge on any atom is 0.270 e. The van der Waals surface area contributed by atoms with Gasteiger partial charge in [-0.1, -0.05) is 36.4 Å². The van der Waals surface area contributed by atoms with Gasteiger partial charge < -0.3 is 10.4 Å². The number of carbonyl (C=O) groups excluding carboxylic acids is 1. The lowest BCUT2D eigenvalue weighted by Gasteiger charge is -2.18. The zero-order valence-corrected chi connectivity index (χ0v) is 13.8. The quantitative estimate of drug-likeness (QED) is 0.744. The first kappa shape index (κ1) is 16.9. The fraction of sp³-hybridized carbons (Fsp3) is 0.211. The second-order valence-corrected chi connectivity index (χ2v) is 5.81. The monoisotopic (exact) mass is 337 g/mol. The van der Waals surface area contributed by atoms with Crippen LogP contribution in [0.2, 0.25) is 0 Å². The molecule has 1 unspecified atom stereocenters. The highest BCUT2D eigenvalue weighted by atomic mass is 16.3. The highest BCUT2D eigenvalue weighted by Gasteiger charge is 2.19. The molecule has 1 amide bonds. The Morgan fingerprint density at radius 1 is 1.24 bits per heavy atom. The number of hydrogen-bond acceptors (Lipinski definition) is 4. The predicted molar refractivity (Wildman–Crippen MR) is 94.6 cm³/mol. The average Bonchev–Trinajstić information content (AvgIpc) is 2.63. The smallest absolute Gasteiger partial charge is 0.270 e. The highest BCUT2D eigenvalue weighted by molar-refractivity contribution is 5.94. The van der Waals surface area contributed by atoms with E-state index < -0.39 is 11.5 Å². The Morgan fingerprint density at radius 3 is 2.72 bits per heavy atom. The van der Waals surface area contributed by atoms with Gasteiger partial charge in [0.25, 0.3) is 11.5 Å². The second-order valence-electron chi connectivity index (χ2n) is 5.81. The molecule has 2 aromatic heterocycles. The maximum absolute atomic E-state index is 12.6. The van der Waals surface area contributed by atoms with E-state index in [-0.39, 0.29) is 18.2 Å². The number of nitrogens with one attached hydrogen (secondary N) is 1. The first-order chi connectivity index (χ1) is 12.1. The van der Waals surface area contributed by atoms with E-state index in [0.717, 1.165) is 11.1 Å². The number of hydrogen-bond donors (Lipinski definition) is 2. The molecule has 3 aromatic rings. The first-order valence-corrected chi connectivity index (χ1v) is 8.05. The number of carbonyl (C=O) groups is 1. The topological polar surface area (TPSA) is 83.7 Å². The summed E-state index contributed by atoms with van der Waals surface area (Å²) in [5.41, 5.74) is 1.81. The Morgan fingerprint density at radius 2 is 2.00 bits per heavy atom. The van der Waals surface area contributed by atoms with E-state index in [9.17, 15) is 14.7 Å². The molecule has 0 spiro atoms. The van der Waals surface area contributed by atoms with Crippen LogP contribution in [0, 0.1) is 6.92 Å². The molecule has 0 saturated carbocycles. The van der Waals surface area contributed by atoms with Gasteiger partial charge in [0, 0.05) is 19.0 Å². The molecule has 6 nitrogen and oxygen atoms in total. The number of pyridine rings is 1. The van der Waals surface area contributed by atoms with Gasteiger partial charge >= 0.3 is 0 Å². The molecule has 3 rings (SSSR count). The van der Waals surface area contributed by atoms with Gasteiger partial charge in [-0.3, -0.25) is 14.0 Å². The van der Waals surface area contributed by atoms with Gasteiger partial charge in [-0.25, -0.2) is 4.98 Å². The molecule has 0 bridgehead atoms. The van der Waals surface area contributed by atoms with Crippen molar-refractivity contribution in [2.24, 2.45) is 0 Å². The standard InChI is InChI=1S/C19H19N3O3/c1-13-6-5-10-22-17(13)20-12-15(19(22)25)18(24)21-16(9-11-23)14-7-3-2-4-8-14/h2-8,10,12,16,23H,9,11H2,1H3,(H,21,24). The SMILES string of the molecule is Cc1cccn2c(=O)c(C(=O)NC(CCO)c3ccccc3)cnc12. The molecular weight excluding hydrogens is 318 g/mol. The minimum atomic E-state index is -0.504. The summed E-state index contributed by atoms with van der Waals surface area (Å²) in [7, 11) is 0. The number of aliphatic hydroxyl groups excluding tert-OH is 1. The number of fused-ring (bicyclic) bond motifs is 1. The Hall–Kier alpha value is -2.99. The molecule has 0 aliphatic heterocycles. The van der Waals surface area contributed by atoms with E-state index in [1.54, 1.807) is 12.3 Å². The van der Waals surface area contributed by atoms with Gasteiger partial charge in [0.1, 0.15) is 11.2 Å². The summed E-state index contributed by atoms with van der Waals surface area (Å²) in [6.07, 6.45) is 3.26. The van der Waals surface area contributed by atoms with Crippen LogP contribution in [0.1, 0.15) is 33.9 Å². The number of nitrogens with zero attached hydrogens (tertiary/aromatic N) is 2. The molecule has 128 valence electrons. The summed E-state index contributed by atoms with van der Waals surface area (Å²) in [6, 6.07) is 12.6.